The van der Waals surface area contributed by atoms with Crippen molar-refractivity contribution in [1.82, 2.24) is 20.2 Å². The van der Waals surface area contributed by atoms with Crippen LogP contribution in [0.2, 0.25) is 0 Å². The number of hydrogen-bond donors (Lipinski definition) is 2. The molecule has 1 saturated heterocycles. The third kappa shape index (κ3) is 4.59. The fraction of sp³-hybridized carbons (Fsp3) is 0.545. The van der Waals surface area contributed by atoms with E-state index in [2.05, 4.69) is 20.2 Å². The SMILES string of the molecule is O=C(C=Cc1c[nH]c2ncccc12)N[C@H](CN1CCCC1)C1CCCCC1. The Bertz CT molecular complexity index is 784. The Labute approximate surface area is 161 Å². The predicted molar refractivity (Wildman–Crippen MR) is 109 cm³/mol. The number of nitrogens with zero attached hydrogens (tertiary/aromatic N) is 2. The van der Waals surface area contributed by atoms with E-state index in [9.17, 15) is 4.79 Å². The first-order chi connectivity index (χ1) is 13.3. The highest BCUT2D eigenvalue weighted by Gasteiger charge is 2.27. The standard InChI is InChI=1S/C22H30N4O/c27-21(11-10-18-15-24-22-19(18)9-6-12-23-22)25-20(16-26-13-4-5-14-26)17-7-2-1-3-8-17/h6,9-12,15,17,20H,1-5,7-8,13-14,16H2,(H,23,24)(H,25,27)/t20-/m1/s1. The van der Waals surface area contributed by atoms with Gasteiger partial charge in [-0.05, 0) is 62.9 Å². The van der Waals surface area contributed by atoms with Crippen LogP contribution in [0.25, 0.3) is 17.1 Å². The first kappa shape index (κ1) is 18.2. The highest BCUT2D eigenvalue weighted by molar-refractivity contribution is 5.95. The van der Waals surface area contributed by atoms with Crippen LogP contribution in [0.5, 0.6) is 0 Å². The van der Waals surface area contributed by atoms with Crippen molar-refractivity contribution in [2.24, 2.45) is 5.92 Å². The molecule has 0 spiro atoms. The zero-order valence-corrected chi connectivity index (χ0v) is 16.0. The lowest BCUT2D eigenvalue weighted by atomic mass is 9.83. The number of aromatic amines is 1. The number of carbonyl (C=O) groups excluding carboxylic acids is 1. The largest absolute Gasteiger partial charge is 0.348 e. The maximum absolute atomic E-state index is 12.7. The topological polar surface area (TPSA) is 61.0 Å². The van der Waals surface area contributed by atoms with Crippen LogP contribution in [0.1, 0.15) is 50.5 Å². The number of nitrogens with one attached hydrogen (secondary N) is 2. The number of likely N-dealkylation sites (tertiary alicyclic amines) is 1. The lowest BCUT2D eigenvalue weighted by Gasteiger charge is -2.33. The number of amides is 1. The normalized spacial score (nSPS) is 20.4. The molecule has 5 heteroatoms. The molecule has 2 aromatic rings. The summed E-state index contributed by atoms with van der Waals surface area (Å²) in [5, 5.41) is 4.37. The Hall–Kier alpha value is -2.14. The van der Waals surface area contributed by atoms with E-state index in [0.29, 0.717) is 5.92 Å². The predicted octanol–water partition coefficient (Wildman–Crippen LogP) is 3.74. The van der Waals surface area contributed by atoms with E-state index >= 15 is 0 Å². The Morgan fingerprint density at radius 1 is 1.26 bits per heavy atom. The van der Waals surface area contributed by atoms with Crippen LogP contribution in [0.3, 0.4) is 0 Å². The molecule has 0 bridgehead atoms. The average molecular weight is 367 g/mol. The first-order valence-corrected chi connectivity index (χ1v) is 10.4. The fourth-order valence-electron chi connectivity index (χ4n) is 4.60. The number of hydrogen-bond acceptors (Lipinski definition) is 3. The maximum atomic E-state index is 12.7. The van der Waals surface area contributed by atoms with Crippen molar-refractivity contribution in [2.45, 2.75) is 51.0 Å². The van der Waals surface area contributed by atoms with E-state index in [1.165, 1.54) is 58.0 Å². The van der Waals surface area contributed by atoms with Gasteiger partial charge in [-0.3, -0.25) is 4.79 Å². The van der Waals surface area contributed by atoms with Gasteiger partial charge in [-0.1, -0.05) is 19.3 Å². The van der Waals surface area contributed by atoms with Crippen LogP contribution >= 0.6 is 0 Å². The fourth-order valence-corrected chi connectivity index (χ4v) is 4.60. The van der Waals surface area contributed by atoms with Gasteiger partial charge >= 0.3 is 0 Å². The van der Waals surface area contributed by atoms with Gasteiger partial charge in [0.05, 0.1) is 0 Å². The van der Waals surface area contributed by atoms with E-state index in [1.54, 1.807) is 12.3 Å². The lowest BCUT2D eigenvalue weighted by Crippen LogP contribution is -2.47. The third-order valence-corrected chi connectivity index (χ3v) is 6.10. The maximum Gasteiger partial charge on any atom is 0.244 e. The minimum atomic E-state index is 0.0167. The van der Waals surface area contributed by atoms with Crippen LogP contribution in [0.4, 0.5) is 0 Å². The van der Waals surface area contributed by atoms with Crippen molar-refractivity contribution in [2.75, 3.05) is 19.6 Å². The quantitative estimate of drug-likeness (QED) is 0.766. The molecule has 3 heterocycles. The molecule has 1 amide bonds. The monoisotopic (exact) mass is 366 g/mol. The summed E-state index contributed by atoms with van der Waals surface area (Å²) in [5.74, 6) is 0.636. The molecule has 2 N–H and O–H groups in total. The number of carbonyl (C=O) groups is 1. The number of pyridine rings is 1. The molecule has 1 atom stereocenters. The van der Waals surface area contributed by atoms with Gasteiger partial charge in [0.15, 0.2) is 0 Å². The van der Waals surface area contributed by atoms with Crippen LogP contribution in [0.15, 0.2) is 30.6 Å². The van der Waals surface area contributed by atoms with Gasteiger partial charge in [0.1, 0.15) is 5.65 Å². The molecule has 1 aliphatic heterocycles. The summed E-state index contributed by atoms with van der Waals surface area (Å²) < 4.78 is 0. The van der Waals surface area contributed by atoms with Gasteiger partial charge in [-0.25, -0.2) is 4.98 Å². The van der Waals surface area contributed by atoms with Gasteiger partial charge in [0.25, 0.3) is 0 Å². The zero-order chi connectivity index (χ0) is 18.5. The third-order valence-electron chi connectivity index (χ3n) is 6.10. The molecule has 27 heavy (non-hydrogen) atoms. The molecule has 5 nitrogen and oxygen atoms in total. The molecular weight excluding hydrogens is 336 g/mol. The molecule has 1 aliphatic carbocycles. The van der Waals surface area contributed by atoms with Gasteiger partial charge in [0.2, 0.25) is 5.91 Å². The van der Waals surface area contributed by atoms with Crippen LogP contribution in [-0.4, -0.2) is 46.5 Å². The molecule has 2 aromatic heterocycles. The average Bonchev–Trinajstić information content (AvgIpc) is 3.36. The second-order valence-corrected chi connectivity index (χ2v) is 8.00. The molecule has 144 valence electrons. The molecule has 2 aliphatic rings. The van der Waals surface area contributed by atoms with E-state index in [4.69, 9.17) is 0 Å². The van der Waals surface area contributed by atoms with Crippen molar-refractivity contribution in [3.05, 3.63) is 36.2 Å². The van der Waals surface area contributed by atoms with Crippen LogP contribution in [0, 0.1) is 5.92 Å². The summed E-state index contributed by atoms with van der Waals surface area (Å²) in [6, 6.07) is 4.21. The smallest absolute Gasteiger partial charge is 0.244 e. The van der Waals surface area contributed by atoms with Gasteiger partial charge in [0, 0.05) is 42.0 Å². The van der Waals surface area contributed by atoms with Crippen LogP contribution in [-0.2, 0) is 4.79 Å². The second kappa shape index (κ2) is 8.70. The molecule has 0 unspecified atom stereocenters. The Balaban J connectivity index is 1.42. The Kier molecular flexibility index (Phi) is 5.87. The van der Waals surface area contributed by atoms with Crippen molar-refractivity contribution >= 4 is 23.0 Å². The van der Waals surface area contributed by atoms with Crippen molar-refractivity contribution in [1.29, 1.82) is 0 Å². The van der Waals surface area contributed by atoms with Crippen molar-refractivity contribution in [3.63, 3.8) is 0 Å². The summed E-state index contributed by atoms with van der Waals surface area (Å²) in [4.78, 5) is 22.6. The number of rotatable bonds is 6. The molecule has 0 aromatic carbocycles. The summed E-state index contributed by atoms with van der Waals surface area (Å²) in [5.41, 5.74) is 1.86. The molecule has 1 saturated carbocycles. The summed E-state index contributed by atoms with van der Waals surface area (Å²) in [7, 11) is 0. The van der Waals surface area contributed by atoms with Crippen molar-refractivity contribution in [3.8, 4) is 0 Å². The zero-order valence-electron chi connectivity index (χ0n) is 16.0. The Morgan fingerprint density at radius 2 is 2.07 bits per heavy atom. The molecule has 2 fully saturated rings. The summed E-state index contributed by atoms with van der Waals surface area (Å²) >= 11 is 0. The summed E-state index contributed by atoms with van der Waals surface area (Å²) in [6.07, 6.45) is 16.3. The minimum Gasteiger partial charge on any atom is -0.348 e. The first-order valence-electron chi connectivity index (χ1n) is 10.4. The van der Waals surface area contributed by atoms with Gasteiger partial charge in [-0.15, -0.1) is 0 Å². The highest BCUT2D eigenvalue weighted by Crippen LogP contribution is 2.27. The Morgan fingerprint density at radius 3 is 2.89 bits per heavy atom. The highest BCUT2D eigenvalue weighted by atomic mass is 16.1. The molecule has 0 radical (unpaired) electrons. The van der Waals surface area contributed by atoms with Crippen molar-refractivity contribution < 1.29 is 4.79 Å². The van der Waals surface area contributed by atoms with E-state index < -0.39 is 0 Å². The minimum absolute atomic E-state index is 0.0167. The number of fused-ring (bicyclic) bond motifs is 1. The number of H-pyrrole nitrogens is 1. The van der Waals surface area contributed by atoms with E-state index in [1.807, 2.05) is 24.4 Å². The summed E-state index contributed by atoms with van der Waals surface area (Å²) in [6.45, 7) is 3.36. The molecular formula is C22H30N4O. The van der Waals surface area contributed by atoms with Gasteiger partial charge < -0.3 is 15.2 Å². The second-order valence-electron chi connectivity index (χ2n) is 8.00. The molecule has 4 rings (SSSR count). The lowest BCUT2D eigenvalue weighted by molar-refractivity contribution is -0.117. The number of aromatic nitrogens is 2. The van der Waals surface area contributed by atoms with Gasteiger partial charge in [-0.2, -0.15) is 0 Å². The van der Waals surface area contributed by atoms with E-state index in [0.717, 1.165) is 23.1 Å². The van der Waals surface area contributed by atoms with Crippen LogP contribution < -0.4 is 5.32 Å². The van der Waals surface area contributed by atoms with E-state index in [-0.39, 0.29) is 11.9 Å².